The minimum absolute atomic E-state index is 0.295. The maximum atomic E-state index is 6.03. The Morgan fingerprint density at radius 3 is 2.14 bits per heavy atom. The predicted molar refractivity (Wildman–Crippen MR) is 62.3 cm³/mol. The summed E-state index contributed by atoms with van der Waals surface area (Å²) in [4.78, 5) is 2.60. The van der Waals surface area contributed by atoms with Crippen LogP contribution in [0.25, 0.3) is 0 Å². The summed E-state index contributed by atoms with van der Waals surface area (Å²) < 4.78 is 0. The van der Waals surface area contributed by atoms with E-state index in [4.69, 9.17) is 5.73 Å². The second-order valence-electron chi connectivity index (χ2n) is 4.82. The van der Waals surface area contributed by atoms with Gasteiger partial charge in [0.1, 0.15) is 0 Å². The zero-order chi connectivity index (χ0) is 10.8. The average Bonchev–Trinajstić information content (AvgIpc) is 2.97. The van der Waals surface area contributed by atoms with E-state index in [0.29, 0.717) is 11.6 Å². The van der Waals surface area contributed by atoms with Crippen molar-refractivity contribution >= 4 is 0 Å². The van der Waals surface area contributed by atoms with Crippen LogP contribution in [0.2, 0.25) is 0 Å². The van der Waals surface area contributed by atoms with Crippen LogP contribution in [-0.4, -0.2) is 29.6 Å². The molecule has 1 fully saturated rings. The predicted octanol–water partition coefficient (Wildman–Crippen LogP) is 2.23. The molecule has 14 heavy (non-hydrogen) atoms. The first-order chi connectivity index (χ1) is 6.62. The number of hydrogen-bond acceptors (Lipinski definition) is 2. The molecule has 0 spiro atoms. The molecule has 0 bridgehead atoms. The third-order valence-electron chi connectivity index (χ3n) is 3.84. The van der Waals surface area contributed by atoms with Crippen LogP contribution in [0.15, 0.2) is 0 Å². The lowest BCUT2D eigenvalue weighted by atomic mass is 9.86. The second kappa shape index (κ2) is 4.63. The van der Waals surface area contributed by atoms with Gasteiger partial charge < -0.3 is 5.73 Å². The van der Waals surface area contributed by atoms with Crippen LogP contribution >= 0.6 is 0 Å². The Kier molecular flexibility index (Phi) is 3.96. The quantitative estimate of drug-likeness (QED) is 0.709. The Labute approximate surface area is 88.8 Å². The third kappa shape index (κ3) is 1.96. The van der Waals surface area contributed by atoms with Gasteiger partial charge in [-0.25, -0.2) is 0 Å². The molecule has 1 aliphatic rings. The Bertz CT molecular complexity index is 169. The lowest BCUT2D eigenvalue weighted by Gasteiger charge is -2.45. The average molecular weight is 198 g/mol. The minimum atomic E-state index is 0.295. The number of nitrogens with two attached hydrogens (primary N) is 1. The summed E-state index contributed by atoms with van der Waals surface area (Å²) in [6.45, 7) is 11.1. The van der Waals surface area contributed by atoms with Crippen molar-refractivity contribution in [2.24, 2.45) is 11.7 Å². The Morgan fingerprint density at radius 2 is 1.93 bits per heavy atom. The molecule has 0 heterocycles. The normalized spacial score (nSPS) is 21.6. The highest BCUT2D eigenvalue weighted by Crippen LogP contribution is 2.45. The summed E-state index contributed by atoms with van der Waals surface area (Å²) in [6, 6.07) is 0.615. The van der Waals surface area contributed by atoms with E-state index < -0.39 is 0 Å². The van der Waals surface area contributed by atoms with E-state index in [1.165, 1.54) is 19.3 Å². The maximum Gasteiger partial charge on any atom is 0.0359 e. The topological polar surface area (TPSA) is 29.3 Å². The Hall–Kier alpha value is -0.0800. The summed E-state index contributed by atoms with van der Waals surface area (Å²) in [5.41, 5.74) is 6.33. The molecule has 1 unspecified atom stereocenters. The Balaban J connectivity index is 2.82. The van der Waals surface area contributed by atoms with Crippen molar-refractivity contribution in [1.29, 1.82) is 0 Å². The molecule has 0 aromatic carbocycles. The van der Waals surface area contributed by atoms with Crippen LogP contribution in [0.1, 0.15) is 47.0 Å². The molecule has 2 heteroatoms. The molecule has 2 nitrogen and oxygen atoms in total. The fourth-order valence-corrected chi connectivity index (χ4v) is 2.97. The zero-order valence-corrected chi connectivity index (χ0v) is 10.2. The van der Waals surface area contributed by atoms with E-state index in [0.717, 1.165) is 19.0 Å². The van der Waals surface area contributed by atoms with E-state index in [-0.39, 0.29) is 0 Å². The van der Waals surface area contributed by atoms with Crippen molar-refractivity contribution in [2.45, 2.75) is 58.5 Å². The van der Waals surface area contributed by atoms with Crippen LogP contribution in [0, 0.1) is 5.92 Å². The van der Waals surface area contributed by atoms with E-state index >= 15 is 0 Å². The van der Waals surface area contributed by atoms with Gasteiger partial charge in [0.25, 0.3) is 0 Å². The molecule has 0 saturated heterocycles. The van der Waals surface area contributed by atoms with E-state index in [2.05, 4.69) is 32.6 Å². The molecule has 1 atom stereocenters. The highest BCUT2D eigenvalue weighted by atomic mass is 15.2. The lowest BCUT2D eigenvalue weighted by molar-refractivity contribution is 0.0443. The summed E-state index contributed by atoms with van der Waals surface area (Å²) in [5, 5.41) is 0. The summed E-state index contributed by atoms with van der Waals surface area (Å²) in [7, 11) is 0. The first kappa shape index (κ1) is 12.0. The smallest absolute Gasteiger partial charge is 0.0359 e. The second-order valence-corrected chi connectivity index (χ2v) is 4.82. The van der Waals surface area contributed by atoms with E-state index in [1.807, 2.05) is 0 Å². The highest BCUT2D eigenvalue weighted by Gasteiger charge is 2.47. The summed E-state index contributed by atoms with van der Waals surface area (Å²) >= 11 is 0. The van der Waals surface area contributed by atoms with Gasteiger partial charge in [-0.3, -0.25) is 4.90 Å². The molecule has 0 amide bonds. The molecule has 0 aromatic rings. The molecule has 1 aliphatic carbocycles. The van der Waals surface area contributed by atoms with Gasteiger partial charge >= 0.3 is 0 Å². The van der Waals surface area contributed by atoms with E-state index in [1.54, 1.807) is 0 Å². The molecular weight excluding hydrogens is 172 g/mol. The number of nitrogens with zero attached hydrogens (tertiary/aromatic N) is 1. The van der Waals surface area contributed by atoms with Gasteiger partial charge in [0.05, 0.1) is 0 Å². The van der Waals surface area contributed by atoms with Gasteiger partial charge in [0, 0.05) is 18.1 Å². The van der Waals surface area contributed by atoms with Crippen LogP contribution < -0.4 is 5.73 Å². The SMILES string of the molecule is CCN(C(C)C)C(CC)(CN)C1CC1. The molecule has 1 rings (SSSR count). The van der Waals surface area contributed by atoms with Crippen LogP contribution in [0.3, 0.4) is 0 Å². The molecule has 2 N–H and O–H groups in total. The van der Waals surface area contributed by atoms with Crippen molar-refractivity contribution in [3.63, 3.8) is 0 Å². The van der Waals surface area contributed by atoms with Crippen LogP contribution in [-0.2, 0) is 0 Å². The van der Waals surface area contributed by atoms with Gasteiger partial charge in [-0.1, -0.05) is 13.8 Å². The first-order valence-electron chi connectivity index (χ1n) is 6.09. The van der Waals surface area contributed by atoms with Gasteiger partial charge in [0.15, 0.2) is 0 Å². The minimum Gasteiger partial charge on any atom is -0.329 e. The van der Waals surface area contributed by atoms with Crippen molar-refractivity contribution in [3.8, 4) is 0 Å². The fraction of sp³-hybridized carbons (Fsp3) is 1.00. The summed E-state index contributed by atoms with van der Waals surface area (Å²) in [6.07, 6.45) is 3.96. The molecule has 0 aliphatic heterocycles. The Morgan fingerprint density at radius 1 is 1.36 bits per heavy atom. The molecule has 0 radical (unpaired) electrons. The monoisotopic (exact) mass is 198 g/mol. The van der Waals surface area contributed by atoms with Crippen molar-refractivity contribution in [2.75, 3.05) is 13.1 Å². The largest absolute Gasteiger partial charge is 0.329 e. The fourth-order valence-electron chi connectivity index (χ4n) is 2.97. The zero-order valence-electron chi connectivity index (χ0n) is 10.2. The van der Waals surface area contributed by atoms with Crippen molar-refractivity contribution in [3.05, 3.63) is 0 Å². The molecule has 84 valence electrons. The number of likely N-dealkylation sites (N-methyl/N-ethyl adjacent to an activating group) is 1. The van der Waals surface area contributed by atoms with Gasteiger partial charge in [0.2, 0.25) is 0 Å². The van der Waals surface area contributed by atoms with E-state index in [9.17, 15) is 0 Å². The molecular formula is C12H26N2. The van der Waals surface area contributed by atoms with Crippen molar-refractivity contribution < 1.29 is 0 Å². The first-order valence-corrected chi connectivity index (χ1v) is 6.09. The maximum absolute atomic E-state index is 6.03. The van der Waals surface area contributed by atoms with Crippen LogP contribution in [0.5, 0.6) is 0 Å². The van der Waals surface area contributed by atoms with Gasteiger partial charge in [-0.05, 0) is 45.6 Å². The van der Waals surface area contributed by atoms with Crippen molar-refractivity contribution in [1.82, 2.24) is 4.90 Å². The van der Waals surface area contributed by atoms with Crippen LogP contribution in [0.4, 0.5) is 0 Å². The standard InChI is InChI=1S/C12H26N2/c1-5-12(9-13,11-7-8-11)14(6-2)10(3)4/h10-11H,5-9,13H2,1-4H3. The lowest BCUT2D eigenvalue weighted by Crippen LogP contribution is -2.57. The molecule has 1 saturated carbocycles. The summed E-state index contributed by atoms with van der Waals surface area (Å²) in [5.74, 6) is 0.861. The highest BCUT2D eigenvalue weighted by molar-refractivity contribution is 5.03. The number of rotatable bonds is 6. The van der Waals surface area contributed by atoms with Gasteiger partial charge in [-0.2, -0.15) is 0 Å². The third-order valence-corrected chi connectivity index (χ3v) is 3.84. The number of hydrogen-bond donors (Lipinski definition) is 1. The molecule has 0 aromatic heterocycles. The van der Waals surface area contributed by atoms with Gasteiger partial charge in [-0.15, -0.1) is 0 Å².